The largest absolute Gasteiger partial charge is 0.309 e. The highest BCUT2D eigenvalue weighted by Gasteiger charge is 2.05. The Kier molecular flexibility index (Phi) is 4.71. The number of nitrogens with zero attached hydrogens (tertiary/aromatic N) is 1. The minimum atomic E-state index is -0.386. The number of rotatable bonds is 5. The Morgan fingerprint density at radius 1 is 1.15 bits per heavy atom. The van der Waals surface area contributed by atoms with E-state index in [0.717, 1.165) is 21.7 Å². The van der Waals surface area contributed by atoms with E-state index in [-0.39, 0.29) is 10.6 Å². The van der Waals surface area contributed by atoms with Crippen LogP contribution in [0.25, 0.3) is 0 Å². The average molecular weight is 291 g/mol. The van der Waals surface area contributed by atoms with E-state index in [1.165, 1.54) is 6.07 Å². The van der Waals surface area contributed by atoms with Crippen LogP contribution < -0.4 is 5.32 Å². The first kappa shape index (κ1) is 14.5. The van der Waals surface area contributed by atoms with Crippen LogP contribution in [-0.2, 0) is 13.1 Å². The Morgan fingerprint density at radius 2 is 1.85 bits per heavy atom. The van der Waals surface area contributed by atoms with Crippen molar-refractivity contribution in [3.63, 3.8) is 0 Å². The number of nitrogens with one attached hydrogen (secondary N) is 1. The van der Waals surface area contributed by atoms with Gasteiger partial charge in [-0.15, -0.1) is 0 Å². The quantitative estimate of drug-likeness (QED) is 0.672. The number of benzene rings is 2. The molecule has 0 unspecified atom stereocenters. The first-order chi connectivity index (χ1) is 9.56. The van der Waals surface area contributed by atoms with Gasteiger partial charge in [-0.3, -0.25) is 10.1 Å². The van der Waals surface area contributed by atoms with Crippen LogP contribution in [0.4, 0.5) is 5.69 Å². The van der Waals surface area contributed by atoms with E-state index in [1.807, 2.05) is 31.2 Å². The molecule has 0 aliphatic heterocycles. The lowest BCUT2D eigenvalue weighted by Gasteiger charge is -2.06. The van der Waals surface area contributed by atoms with Crippen LogP contribution in [0.5, 0.6) is 0 Å². The van der Waals surface area contributed by atoms with Gasteiger partial charge >= 0.3 is 0 Å². The molecule has 4 nitrogen and oxygen atoms in total. The van der Waals surface area contributed by atoms with Crippen molar-refractivity contribution < 1.29 is 4.92 Å². The second-order valence-electron chi connectivity index (χ2n) is 4.61. The summed E-state index contributed by atoms with van der Waals surface area (Å²) in [5.74, 6) is 0. The molecule has 2 rings (SSSR count). The van der Waals surface area contributed by atoms with Gasteiger partial charge in [-0.25, -0.2) is 0 Å². The molecule has 0 spiro atoms. The minimum Gasteiger partial charge on any atom is -0.309 e. The topological polar surface area (TPSA) is 55.2 Å². The van der Waals surface area contributed by atoms with Gasteiger partial charge in [0.25, 0.3) is 5.69 Å². The maximum absolute atomic E-state index is 10.7. The molecular weight excluding hydrogens is 276 g/mol. The second kappa shape index (κ2) is 6.50. The number of aryl methyl sites for hydroxylation is 1. The highest BCUT2D eigenvalue weighted by Crippen LogP contribution is 2.17. The third-order valence-electron chi connectivity index (χ3n) is 3.02. The number of hydrogen-bond acceptors (Lipinski definition) is 3. The predicted octanol–water partition coefficient (Wildman–Crippen LogP) is 3.85. The van der Waals surface area contributed by atoms with Gasteiger partial charge in [0.15, 0.2) is 0 Å². The number of halogens is 1. The number of nitro benzene ring substituents is 1. The summed E-state index contributed by atoms with van der Waals surface area (Å²) in [6, 6.07) is 12.5. The van der Waals surface area contributed by atoms with Crippen LogP contribution in [0.15, 0.2) is 42.5 Å². The Bertz CT molecular complexity index is 629. The summed E-state index contributed by atoms with van der Waals surface area (Å²) in [5, 5.41) is 14.7. The van der Waals surface area contributed by atoms with E-state index in [0.29, 0.717) is 13.1 Å². The Hall–Kier alpha value is -1.91. The molecule has 0 fully saturated rings. The number of hydrogen-bond donors (Lipinski definition) is 1. The fourth-order valence-corrected chi connectivity index (χ4v) is 2.08. The molecule has 1 N–H and O–H groups in total. The van der Waals surface area contributed by atoms with Crippen LogP contribution >= 0.6 is 11.6 Å². The predicted molar refractivity (Wildman–Crippen MR) is 79.8 cm³/mol. The molecule has 0 bridgehead atoms. The van der Waals surface area contributed by atoms with Crippen LogP contribution in [-0.4, -0.2) is 4.92 Å². The lowest BCUT2D eigenvalue weighted by atomic mass is 10.1. The molecule has 0 aromatic heterocycles. The second-order valence-corrected chi connectivity index (χ2v) is 5.02. The zero-order valence-electron chi connectivity index (χ0n) is 11.1. The van der Waals surface area contributed by atoms with Gasteiger partial charge in [-0.2, -0.15) is 0 Å². The van der Waals surface area contributed by atoms with Gasteiger partial charge in [0.2, 0.25) is 0 Å². The molecule has 0 saturated heterocycles. The van der Waals surface area contributed by atoms with Crippen molar-refractivity contribution in [3.05, 3.63) is 74.3 Å². The van der Waals surface area contributed by atoms with Crippen molar-refractivity contribution >= 4 is 17.3 Å². The summed E-state index contributed by atoms with van der Waals surface area (Å²) in [7, 11) is 0. The Labute approximate surface area is 122 Å². The van der Waals surface area contributed by atoms with Gasteiger partial charge < -0.3 is 5.32 Å². The van der Waals surface area contributed by atoms with Gasteiger partial charge in [0, 0.05) is 30.2 Å². The van der Waals surface area contributed by atoms with Crippen molar-refractivity contribution in [3.8, 4) is 0 Å². The van der Waals surface area contributed by atoms with Crippen LogP contribution in [0.1, 0.15) is 16.7 Å². The normalized spacial score (nSPS) is 10.5. The van der Waals surface area contributed by atoms with E-state index in [2.05, 4.69) is 5.32 Å². The fourth-order valence-electron chi connectivity index (χ4n) is 1.88. The van der Waals surface area contributed by atoms with E-state index < -0.39 is 0 Å². The molecule has 5 heteroatoms. The summed E-state index contributed by atoms with van der Waals surface area (Å²) in [6.45, 7) is 3.21. The molecule has 2 aromatic rings. The molecule has 20 heavy (non-hydrogen) atoms. The van der Waals surface area contributed by atoms with Crippen molar-refractivity contribution in [1.29, 1.82) is 0 Å². The summed E-state index contributed by atoms with van der Waals surface area (Å²) >= 11 is 6.06. The van der Waals surface area contributed by atoms with Crippen LogP contribution in [0.3, 0.4) is 0 Å². The fraction of sp³-hybridized carbons (Fsp3) is 0.200. The van der Waals surface area contributed by atoms with E-state index in [1.54, 1.807) is 12.1 Å². The van der Waals surface area contributed by atoms with Crippen molar-refractivity contribution in [2.75, 3.05) is 0 Å². The van der Waals surface area contributed by atoms with E-state index in [9.17, 15) is 10.1 Å². The zero-order chi connectivity index (χ0) is 14.5. The van der Waals surface area contributed by atoms with Crippen LogP contribution in [0.2, 0.25) is 5.02 Å². The zero-order valence-corrected chi connectivity index (χ0v) is 11.9. The Balaban J connectivity index is 1.94. The van der Waals surface area contributed by atoms with E-state index in [4.69, 9.17) is 11.6 Å². The lowest BCUT2D eigenvalue weighted by molar-refractivity contribution is -0.384. The number of nitro groups is 1. The number of non-ortho nitro benzene ring substituents is 1. The first-order valence-electron chi connectivity index (χ1n) is 6.25. The summed E-state index contributed by atoms with van der Waals surface area (Å²) in [6.07, 6.45) is 0. The SMILES string of the molecule is Cc1ccc(CNCc2cccc([N+](=O)[O-])c2)cc1Cl. The Morgan fingerprint density at radius 3 is 2.50 bits per heavy atom. The molecule has 0 atom stereocenters. The first-order valence-corrected chi connectivity index (χ1v) is 6.63. The third-order valence-corrected chi connectivity index (χ3v) is 3.42. The summed E-state index contributed by atoms with van der Waals surface area (Å²) < 4.78 is 0. The van der Waals surface area contributed by atoms with Crippen molar-refractivity contribution in [2.24, 2.45) is 0 Å². The standard InChI is InChI=1S/C15H15ClN2O2/c1-11-5-6-13(8-15(11)16)10-17-9-12-3-2-4-14(7-12)18(19)20/h2-8,17H,9-10H2,1H3. The van der Waals surface area contributed by atoms with Crippen LogP contribution in [0, 0.1) is 17.0 Å². The molecule has 0 radical (unpaired) electrons. The molecule has 2 aromatic carbocycles. The van der Waals surface area contributed by atoms with Gasteiger partial charge in [0.05, 0.1) is 4.92 Å². The van der Waals surface area contributed by atoms with Gasteiger partial charge in [0.1, 0.15) is 0 Å². The maximum atomic E-state index is 10.7. The highest BCUT2D eigenvalue weighted by atomic mass is 35.5. The summed E-state index contributed by atoms with van der Waals surface area (Å²) in [4.78, 5) is 10.3. The summed E-state index contributed by atoms with van der Waals surface area (Å²) in [5.41, 5.74) is 3.14. The van der Waals surface area contributed by atoms with E-state index >= 15 is 0 Å². The molecule has 104 valence electrons. The van der Waals surface area contributed by atoms with Gasteiger partial charge in [-0.1, -0.05) is 35.9 Å². The minimum absolute atomic E-state index is 0.114. The molecule has 0 heterocycles. The van der Waals surface area contributed by atoms with Crippen molar-refractivity contribution in [1.82, 2.24) is 5.32 Å². The highest BCUT2D eigenvalue weighted by molar-refractivity contribution is 6.31. The molecule has 0 amide bonds. The monoisotopic (exact) mass is 290 g/mol. The maximum Gasteiger partial charge on any atom is 0.269 e. The molecule has 0 saturated carbocycles. The molecular formula is C15H15ClN2O2. The molecule has 0 aliphatic carbocycles. The average Bonchev–Trinajstić information content (AvgIpc) is 2.43. The van der Waals surface area contributed by atoms with Gasteiger partial charge in [-0.05, 0) is 29.7 Å². The lowest BCUT2D eigenvalue weighted by Crippen LogP contribution is -2.12. The third kappa shape index (κ3) is 3.79. The molecule has 0 aliphatic rings. The van der Waals surface area contributed by atoms with Crippen molar-refractivity contribution in [2.45, 2.75) is 20.0 Å². The smallest absolute Gasteiger partial charge is 0.269 e.